The Bertz CT molecular complexity index is 775. The number of benzene rings is 1. The Morgan fingerprint density at radius 1 is 0.952 bits per heavy atom. The van der Waals surface area contributed by atoms with E-state index in [2.05, 4.69) is 9.69 Å². The molecule has 0 heterocycles. The fourth-order valence-electron chi connectivity index (χ4n) is 2.16. The quantitative estimate of drug-likeness (QED) is 0.515. The van der Waals surface area contributed by atoms with Crippen LogP contribution in [0.5, 0.6) is 0 Å². The molecule has 0 fully saturated rings. The minimum atomic E-state index is -0.0769. The fraction of sp³-hybridized carbons (Fsp3) is 0.0667. The van der Waals surface area contributed by atoms with Gasteiger partial charge in [0.1, 0.15) is 0 Å². The van der Waals surface area contributed by atoms with Gasteiger partial charge < -0.3 is 0 Å². The second-order valence-corrected chi connectivity index (χ2v) is 4.90. The average molecular weight is 311 g/mol. The van der Waals surface area contributed by atoms with Crippen molar-refractivity contribution < 1.29 is 0 Å². The predicted molar refractivity (Wildman–Crippen MR) is 79.3 cm³/mol. The molecule has 0 amide bonds. The highest BCUT2D eigenvalue weighted by molar-refractivity contribution is 6.42. The summed E-state index contributed by atoms with van der Waals surface area (Å²) in [6.45, 7) is 14.1. The summed E-state index contributed by atoms with van der Waals surface area (Å²) in [5.41, 5.74) is 1.92. The van der Waals surface area contributed by atoms with Gasteiger partial charge in [-0.15, -0.1) is 0 Å². The number of allylic oxidation sites excluding steroid dienone is 4. The van der Waals surface area contributed by atoms with Gasteiger partial charge in [-0.2, -0.15) is 0 Å². The van der Waals surface area contributed by atoms with E-state index >= 15 is 0 Å². The van der Waals surface area contributed by atoms with Crippen LogP contribution in [0.1, 0.15) is 17.5 Å². The van der Waals surface area contributed by atoms with Crippen molar-refractivity contribution in [3.8, 4) is 12.1 Å². The predicted octanol–water partition coefficient (Wildman–Crippen LogP) is 4.71. The smallest absolute Gasteiger partial charge is 0.226 e. The molecule has 4 nitrogen and oxygen atoms in total. The van der Waals surface area contributed by atoms with Crippen LogP contribution in [0.25, 0.3) is 20.8 Å². The third-order valence-corrected chi connectivity index (χ3v) is 3.79. The molecule has 1 aliphatic rings. The monoisotopic (exact) mass is 310 g/mol. The van der Waals surface area contributed by atoms with Gasteiger partial charge in [-0.05, 0) is 40.8 Å². The van der Waals surface area contributed by atoms with E-state index in [1.165, 1.54) is 0 Å². The van der Waals surface area contributed by atoms with Crippen molar-refractivity contribution in [1.29, 1.82) is 10.5 Å². The first-order valence-electron chi connectivity index (χ1n) is 5.58. The Hall–Kier alpha value is -2.76. The molecule has 98 valence electrons. The van der Waals surface area contributed by atoms with Gasteiger partial charge in [-0.25, -0.2) is 20.2 Å². The van der Waals surface area contributed by atoms with Crippen LogP contribution in [0.15, 0.2) is 23.5 Å². The van der Waals surface area contributed by atoms with Gasteiger partial charge in [0, 0.05) is 0 Å². The standard InChI is InChI=1S/C15H4Cl2N4/c1-20-14(6-18)10-3-11(15(7-19)21-2)9-5-13(17)12(16)4-8(9)10/h4-5H,3H2/b14-10-,15-11+. The van der Waals surface area contributed by atoms with E-state index in [1.54, 1.807) is 12.1 Å². The van der Waals surface area contributed by atoms with Crippen LogP contribution in [0.3, 0.4) is 0 Å². The molecule has 1 aliphatic carbocycles. The van der Waals surface area contributed by atoms with Crippen molar-refractivity contribution in [3.05, 3.63) is 67.5 Å². The number of halogens is 2. The number of hydrogen-bond donors (Lipinski definition) is 0. The molecule has 0 radical (unpaired) electrons. The maximum Gasteiger partial charge on any atom is 0.265 e. The zero-order valence-electron chi connectivity index (χ0n) is 10.4. The number of hydrogen-bond acceptors (Lipinski definition) is 2. The van der Waals surface area contributed by atoms with Gasteiger partial charge in [0.25, 0.3) is 11.4 Å². The lowest BCUT2D eigenvalue weighted by Crippen LogP contribution is -1.85. The zero-order valence-corrected chi connectivity index (χ0v) is 11.9. The van der Waals surface area contributed by atoms with E-state index in [0.29, 0.717) is 22.3 Å². The summed E-state index contributed by atoms with van der Waals surface area (Å²) in [4.78, 5) is 6.39. The summed E-state index contributed by atoms with van der Waals surface area (Å²) < 4.78 is 0. The summed E-state index contributed by atoms with van der Waals surface area (Å²) in [5, 5.41) is 18.7. The van der Waals surface area contributed by atoms with Gasteiger partial charge in [-0.3, -0.25) is 0 Å². The molecule has 0 bridgehead atoms. The molecule has 0 atom stereocenters. The molecule has 1 aromatic carbocycles. The zero-order chi connectivity index (χ0) is 15.6. The van der Waals surface area contributed by atoms with E-state index in [1.807, 2.05) is 12.1 Å². The van der Waals surface area contributed by atoms with Gasteiger partial charge in [0.05, 0.1) is 35.3 Å². The molecule has 6 heteroatoms. The Kier molecular flexibility index (Phi) is 3.98. The van der Waals surface area contributed by atoms with Crippen molar-refractivity contribution in [3.63, 3.8) is 0 Å². The first-order chi connectivity index (χ1) is 10.1. The number of rotatable bonds is 0. The molecule has 21 heavy (non-hydrogen) atoms. The topological polar surface area (TPSA) is 56.3 Å². The van der Waals surface area contributed by atoms with Crippen LogP contribution in [0, 0.1) is 35.8 Å². The van der Waals surface area contributed by atoms with Gasteiger partial charge in [0.15, 0.2) is 0 Å². The minimum Gasteiger partial charge on any atom is -0.226 e. The summed E-state index contributed by atoms with van der Waals surface area (Å²) in [6, 6.07) is 6.78. The summed E-state index contributed by atoms with van der Waals surface area (Å²) in [5.74, 6) is 0. The van der Waals surface area contributed by atoms with Gasteiger partial charge >= 0.3 is 0 Å². The van der Waals surface area contributed by atoms with Crippen molar-refractivity contribution in [2.45, 2.75) is 6.42 Å². The molecular weight excluding hydrogens is 307 g/mol. The van der Waals surface area contributed by atoms with Crippen molar-refractivity contribution in [2.24, 2.45) is 0 Å². The van der Waals surface area contributed by atoms with Crippen LogP contribution in [-0.2, 0) is 0 Å². The summed E-state index contributed by atoms with van der Waals surface area (Å²) in [7, 11) is 0. The third-order valence-electron chi connectivity index (χ3n) is 3.07. The SMILES string of the molecule is [C-]#[N+]/C(C#N)=C1/C/C(=C(/C#N)[N+]#[C-])c2cc(Cl)c(Cl)cc21. The first-order valence-corrected chi connectivity index (χ1v) is 6.34. The normalized spacial score (nSPS) is 16.9. The molecule has 1 aromatic rings. The van der Waals surface area contributed by atoms with Gasteiger partial charge in [-0.1, -0.05) is 23.2 Å². The Labute approximate surface area is 131 Å². The van der Waals surface area contributed by atoms with Crippen LogP contribution in [0.4, 0.5) is 0 Å². The van der Waals surface area contributed by atoms with Crippen molar-refractivity contribution in [1.82, 2.24) is 0 Å². The van der Waals surface area contributed by atoms with Crippen molar-refractivity contribution in [2.75, 3.05) is 0 Å². The maximum atomic E-state index is 9.05. The van der Waals surface area contributed by atoms with E-state index in [-0.39, 0.29) is 27.9 Å². The maximum absolute atomic E-state index is 9.05. The first kappa shape index (κ1) is 14.6. The number of nitrogens with zero attached hydrogens (tertiary/aromatic N) is 4. The van der Waals surface area contributed by atoms with Crippen LogP contribution < -0.4 is 0 Å². The second kappa shape index (κ2) is 5.70. The highest BCUT2D eigenvalue weighted by Crippen LogP contribution is 2.46. The van der Waals surface area contributed by atoms with E-state index in [0.717, 1.165) is 0 Å². The molecule has 0 unspecified atom stereocenters. The third kappa shape index (κ3) is 2.35. The van der Waals surface area contributed by atoms with Crippen LogP contribution in [0.2, 0.25) is 10.0 Å². The average Bonchev–Trinajstić information content (AvgIpc) is 2.82. The number of fused-ring (bicyclic) bond motifs is 1. The van der Waals surface area contributed by atoms with Crippen molar-refractivity contribution >= 4 is 34.3 Å². The minimum absolute atomic E-state index is 0.0769. The Morgan fingerprint density at radius 3 is 1.62 bits per heavy atom. The molecule has 2 rings (SSSR count). The Balaban J connectivity index is 2.91. The molecule has 0 aliphatic heterocycles. The summed E-state index contributed by atoms with van der Waals surface area (Å²) >= 11 is 12.0. The van der Waals surface area contributed by atoms with E-state index < -0.39 is 0 Å². The molecule has 0 spiro atoms. The molecule has 0 aromatic heterocycles. The van der Waals surface area contributed by atoms with Gasteiger partial charge in [0.2, 0.25) is 0 Å². The molecular formula is C15H4Cl2N4. The van der Waals surface area contributed by atoms with Crippen LogP contribution in [-0.4, -0.2) is 0 Å². The fourth-order valence-corrected chi connectivity index (χ4v) is 2.48. The largest absolute Gasteiger partial charge is 0.265 e. The Morgan fingerprint density at radius 2 is 1.33 bits per heavy atom. The summed E-state index contributed by atoms with van der Waals surface area (Å²) in [6.07, 6.45) is 0.169. The molecule has 0 saturated heterocycles. The van der Waals surface area contributed by atoms with E-state index in [4.69, 9.17) is 46.9 Å². The molecule has 0 saturated carbocycles. The second-order valence-electron chi connectivity index (χ2n) is 4.09. The number of nitriles is 2. The van der Waals surface area contributed by atoms with Crippen LogP contribution >= 0.6 is 23.2 Å². The molecule has 0 N–H and O–H groups in total. The lowest BCUT2D eigenvalue weighted by molar-refractivity contribution is 1.42. The lowest BCUT2D eigenvalue weighted by Gasteiger charge is -2.04. The lowest BCUT2D eigenvalue weighted by atomic mass is 10.1. The highest BCUT2D eigenvalue weighted by Gasteiger charge is 2.28. The highest BCUT2D eigenvalue weighted by atomic mass is 35.5. The van der Waals surface area contributed by atoms with E-state index in [9.17, 15) is 0 Å².